The first-order chi connectivity index (χ1) is 7.18. The Morgan fingerprint density at radius 3 is 2.27 bits per heavy atom. The smallest absolute Gasteiger partial charge is 0.215 e. The third kappa shape index (κ3) is 1.84. The van der Waals surface area contributed by atoms with Crippen molar-refractivity contribution in [1.29, 1.82) is 0 Å². The van der Waals surface area contributed by atoms with Crippen molar-refractivity contribution in [3.8, 4) is 5.69 Å². The van der Waals surface area contributed by atoms with Crippen LogP contribution in [0.4, 0.5) is 5.69 Å². The van der Waals surface area contributed by atoms with Gasteiger partial charge in [0.15, 0.2) is 12.4 Å². The summed E-state index contributed by atoms with van der Waals surface area (Å²) in [5, 5.41) is 0. The first-order valence-corrected chi connectivity index (χ1v) is 5.02. The lowest BCUT2D eigenvalue weighted by atomic mass is 10.1. The highest BCUT2D eigenvalue weighted by atomic mass is 14.9. The van der Waals surface area contributed by atoms with Crippen molar-refractivity contribution < 1.29 is 4.57 Å². The minimum absolute atomic E-state index is 0.840. The number of nitrogens with two attached hydrogens (primary N) is 1. The minimum atomic E-state index is 0.840. The number of anilines is 1. The number of hydrogen-bond donors (Lipinski definition) is 1. The Labute approximate surface area is 90.0 Å². The molecule has 2 aromatic rings. The Balaban J connectivity index is 2.59. The van der Waals surface area contributed by atoms with E-state index in [1.165, 1.54) is 5.56 Å². The molecule has 2 rings (SSSR count). The molecule has 0 radical (unpaired) electrons. The highest BCUT2D eigenvalue weighted by molar-refractivity contribution is 5.54. The number of pyridine rings is 1. The standard InChI is InChI=1S/C13H15N2/c1-10-8-11(2)13(9-12(10)14)15-6-4-3-5-7-15/h3-9H,14H2,1-2H3/q+1. The third-order valence-electron chi connectivity index (χ3n) is 2.58. The fraction of sp³-hybridized carbons (Fsp3) is 0.154. The first-order valence-electron chi connectivity index (χ1n) is 5.02. The lowest BCUT2D eigenvalue weighted by molar-refractivity contribution is -0.596. The topological polar surface area (TPSA) is 29.9 Å². The summed E-state index contributed by atoms with van der Waals surface area (Å²) in [5.74, 6) is 0. The summed E-state index contributed by atoms with van der Waals surface area (Å²) in [6.45, 7) is 4.13. The van der Waals surface area contributed by atoms with E-state index in [0.29, 0.717) is 0 Å². The molecule has 2 nitrogen and oxygen atoms in total. The van der Waals surface area contributed by atoms with Gasteiger partial charge in [-0.15, -0.1) is 0 Å². The maximum Gasteiger partial charge on any atom is 0.215 e. The molecule has 0 saturated carbocycles. The molecule has 0 amide bonds. The van der Waals surface area contributed by atoms with Crippen LogP contribution in [0.5, 0.6) is 0 Å². The number of aryl methyl sites for hydroxylation is 2. The first kappa shape index (κ1) is 9.71. The third-order valence-corrected chi connectivity index (χ3v) is 2.58. The van der Waals surface area contributed by atoms with Crippen molar-refractivity contribution in [3.63, 3.8) is 0 Å². The zero-order valence-electron chi connectivity index (χ0n) is 9.07. The Kier molecular flexibility index (Phi) is 2.42. The minimum Gasteiger partial charge on any atom is -0.398 e. The van der Waals surface area contributed by atoms with E-state index in [9.17, 15) is 0 Å². The van der Waals surface area contributed by atoms with E-state index < -0.39 is 0 Å². The number of benzene rings is 1. The predicted octanol–water partition coefficient (Wildman–Crippen LogP) is 2.16. The predicted molar refractivity (Wildman–Crippen MR) is 61.9 cm³/mol. The average Bonchev–Trinajstić information content (AvgIpc) is 2.25. The molecule has 2 heteroatoms. The van der Waals surface area contributed by atoms with Crippen LogP contribution in [0.25, 0.3) is 5.69 Å². The molecule has 1 aromatic carbocycles. The average molecular weight is 199 g/mol. The van der Waals surface area contributed by atoms with Crippen molar-refractivity contribution in [2.45, 2.75) is 13.8 Å². The van der Waals surface area contributed by atoms with Crippen LogP contribution >= 0.6 is 0 Å². The van der Waals surface area contributed by atoms with Gasteiger partial charge in [0.1, 0.15) is 0 Å². The van der Waals surface area contributed by atoms with Crippen molar-refractivity contribution in [3.05, 3.63) is 53.9 Å². The van der Waals surface area contributed by atoms with E-state index in [1.54, 1.807) is 0 Å². The quantitative estimate of drug-likeness (QED) is 0.553. The van der Waals surface area contributed by atoms with Crippen LogP contribution in [0.1, 0.15) is 11.1 Å². The van der Waals surface area contributed by atoms with Gasteiger partial charge in [-0.05, 0) is 25.5 Å². The monoisotopic (exact) mass is 199 g/mol. The van der Waals surface area contributed by atoms with Crippen molar-refractivity contribution in [2.75, 3.05) is 5.73 Å². The largest absolute Gasteiger partial charge is 0.398 e. The van der Waals surface area contributed by atoms with E-state index in [1.807, 2.05) is 43.6 Å². The summed E-state index contributed by atoms with van der Waals surface area (Å²) >= 11 is 0. The maximum atomic E-state index is 5.91. The molecule has 0 spiro atoms. The van der Waals surface area contributed by atoms with E-state index in [4.69, 9.17) is 5.73 Å². The summed E-state index contributed by atoms with van der Waals surface area (Å²) < 4.78 is 2.07. The van der Waals surface area contributed by atoms with Crippen LogP contribution in [-0.2, 0) is 0 Å². The van der Waals surface area contributed by atoms with Gasteiger partial charge in [-0.3, -0.25) is 0 Å². The molecule has 0 fully saturated rings. The molecule has 0 bridgehead atoms. The highest BCUT2D eigenvalue weighted by Crippen LogP contribution is 2.17. The van der Waals surface area contributed by atoms with Crippen molar-refractivity contribution in [1.82, 2.24) is 0 Å². The number of aromatic nitrogens is 1. The zero-order chi connectivity index (χ0) is 10.8. The summed E-state index contributed by atoms with van der Waals surface area (Å²) in [7, 11) is 0. The fourth-order valence-corrected chi connectivity index (χ4v) is 1.69. The van der Waals surface area contributed by atoms with E-state index in [-0.39, 0.29) is 0 Å². The van der Waals surface area contributed by atoms with Crippen LogP contribution in [0, 0.1) is 13.8 Å². The molecule has 0 atom stereocenters. The van der Waals surface area contributed by atoms with Crippen LogP contribution in [-0.4, -0.2) is 0 Å². The molecule has 0 saturated heterocycles. The lowest BCUT2D eigenvalue weighted by Crippen LogP contribution is -2.30. The molecule has 0 unspecified atom stereocenters. The fourth-order valence-electron chi connectivity index (χ4n) is 1.69. The van der Waals surface area contributed by atoms with Gasteiger partial charge >= 0.3 is 0 Å². The number of nitrogen functional groups attached to an aromatic ring is 1. The van der Waals surface area contributed by atoms with Gasteiger partial charge in [-0.2, -0.15) is 4.57 Å². The van der Waals surface area contributed by atoms with Gasteiger partial charge in [0.05, 0.1) is 0 Å². The molecule has 15 heavy (non-hydrogen) atoms. The van der Waals surface area contributed by atoms with Gasteiger partial charge in [0.25, 0.3) is 0 Å². The second-order valence-electron chi connectivity index (χ2n) is 3.78. The van der Waals surface area contributed by atoms with Crippen LogP contribution in [0.2, 0.25) is 0 Å². The van der Waals surface area contributed by atoms with Gasteiger partial charge in [-0.1, -0.05) is 6.07 Å². The van der Waals surface area contributed by atoms with Gasteiger partial charge in [0, 0.05) is 29.4 Å². The summed E-state index contributed by atoms with van der Waals surface area (Å²) in [6.07, 6.45) is 4.05. The lowest BCUT2D eigenvalue weighted by Gasteiger charge is -2.04. The van der Waals surface area contributed by atoms with E-state index in [0.717, 1.165) is 16.9 Å². The molecular formula is C13H15N2+. The SMILES string of the molecule is Cc1cc(C)c(-[n+]2ccccc2)cc1N. The van der Waals surface area contributed by atoms with Crippen molar-refractivity contribution >= 4 is 5.69 Å². The summed E-state index contributed by atoms with van der Waals surface area (Å²) in [4.78, 5) is 0. The van der Waals surface area contributed by atoms with Gasteiger partial charge < -0.3 is 5.73 Å². The summed E-state index contributed by atoms with van der Waals surface area (Å²) in [5.41, 5.74) is 10.3. The zero-order valence-corrected chi connectivity index (χ0v) is 9.07. The molecule has 76 valence electrons. The van der Waals surface area contributed by atoms with Crippen LogP contribution in [0.15, 0.2) is 42.7 Å². The number of rotatable bonds is 1. The van der Waals surface area contributed by atoms with E-state index in [2.05, 4.69) is 17.6 Å². The highest BCUT2D eigenvalue weighted by Gasteiger charge is 2.10. The molecule has 0 aliphatic heterocycles. The number of hydrogen-bond acceptors (Lipinski definition) is 1. The summed E-state index contributed by atoms with van der Waals surface area (Å²) in [6, 6.07) is 10.2. The maximum absolute atomic E-state index is 5.91. The molecule has 2 N–H and O–H groups in total. The molecule has 0 aliphatic rings. The Hall–Kier alpha value is -1.83. The molecule has 0 aliphatic carbocycles. The molecule has 1 heterocycles. The van der Waals surface area contributed by atoms with Gasteiger partial charge in [-0.25, -0.2) is 0 Å². The molecular weight excluding hydrogens is 184 g/mol. The van der Waals surface area contributed by atoms with Crippen LogP contribution < -0.4 is 10.3 Å². The Morgan fingerprint density at radius 1 is 0.933 bits per heavy atom. The van der Waals surface area contributed by atoms with Crippen LogP contribution in [0.3, 0.4) is 0 Å². The number of nitrogens with zero attached hydrogens (tertiary/aromatic N) is 1. The molecule has 1 aromatic heterocycles. The Bertz CT molecular complexity index is 475. The van der Waals surface area contributed by atoms with E-state index >= 15 is 0 Å². The normalized spacial score (nSPS) is 10.3. The second-order valence-corrected chi connectivity index (χ2v) is 3.78. The van der Waals surface area contributed by atoms with Crippen molar-refractivity contribution in [2.24, 2.45) is 0 Å². The Morgan fingerprint density at radius 2 is 1.60 bits per heavy atom. The van der Waals surface area contributed by atoms with Gasteiger partial charge in [0.2, 0.25) is 5.69 Å². The second kappa shape index (κ2) is 3.73.